The van der Waals surface area contributed by atoms with Crippen molar-refractivity contribution in [2.45, 2.75) is 25.0 Å². The number of aromatic nitrogens is 2. The summed E-state index contributed by atoms with van der Waals surface area (Å²) in [5.41, 5.74) is 5.59. The highest BCUT2D eigenvalue weighted by atomic mass is 16.4. The van der Waals surface area contributed by atoms with Gasteiger partial charge in [-0.15, -0.1) is 0 Å². The molecule has 1 aliphatic rings. The van der Waals surface area contributed by atoms with Crippen molar-refractivity contribution in [3.05, 3.63) is 40.2 Å². The molecule has 1 unspecified atom stereocenters. The van der Waals surface area contributed by atoms with E-state index in [-0.39, 0.29) is 36.0 Å². The van der Waals surface area contributed by atoms with Crippen molar-refractivity contribution in [2.24, 2.45) is 0 Å². The molecule has 14 heteroatoms. The number of carboxylic acid groups (broad SMARTS) is 2. The van der Waals surface area contributed by atoms with Crippen molar-refractivity contribution in [1.82, 2.24) is 15.3 Å². The van der Waals surface area contributed by atoms with Crippen LogP contribution >= 0.6 is 0 Å². The summed E-state index contributed by atoms with van der Waals surface area (Å²) in [6.45, 7) is 0.202. The largest absolute Gasteiger partial charge is 0.481 e. The molecule has 1 aliphatic heterocycles. The lowest BCUT2D eigenvalue weighted by Gasteiger charge is -2.34. The predicted molar refractivity (Wildman–Crippen MR) is 116 cm³/mol. The third-order valence-corrected chi connectivity index (χ3v) is 4.81. The molecule has 33 heavy (non-hydrogen) atoms. The molecule has 174 valence electrons. The van der Waals surface area contributed by atoms with Crippen LogP contribution in [0.15, 0.2) is 29.1 Å². The molecular weight excluding hydrogens is 438 g/mol. The van der Waals surface area contributed by atoms with Gasteiger partial charge in [-0.25, -0.2) is 4.79 Å². The Labute approximate surface area is 185 Å². The summed E-state index contributed by atoms with van der Waals surface area (Å²) in [6, 6.07) is 4.58. The van der Waals surface area contributed by atoms with Crippen molar-refractivity contribution in [1.29, 1.82) is 0 Å². The van der Waals surface area contributed by atoms with Gasteiger partial charge in [0.1, 0.15) is 12.2 Å². The summed E-state index contributed by atoms with van der Waals surface area (Å²) in [5, 5.41) is 26.1. The lowest BCUT2D eigenvalue weighted by atomic mass is 10.1. The van der Waals surface area contributed by atoms with Crippen molar-refractivity contribution < 1.29 is 29.4 Å². The number of carboxylic acids is 2. The molecule has 1 aromatic carbocycles. The number of nitrogens with two attached hydrogens (primary N) is 1. The zero-order chi connectivity index (χ0) is 24.1. The highest BCUT2D eigenvalue weighted by Crippen LogP contribution is 2.26. The van der Waals surface area contributed by atoms with Crippen LogP contribution in [0.1, 0.15) is 23.2 Å². The number of H-pyrrole nitrogens is 1. The fourth-order valence-corrected chi connectivity index (χ4v) is 3.22. The van der Waals surface area contributed by atoms with Crippen molar-refractivity contribution >= 4 is 47.4 Å². The van der Waals surface area contributed by atoms with Gasteiger partial charge in [0.05, 0.1) is 6.54 Å². The maximum atomic E-state index is 12.3. The van der Waals surface area contributed by atoms with E-state index in [0.29, 0.717) is 12.1 Å². The van der Waals surface area contributed by atoms with Gasteiger partial charge in [0, 0.05) is 17.7 Å². The van der Waals surface area contributed by atoms with Crippen LogP contribution in [-0.2, 0) is 14.4 Å². The number of nitrogens with one attached hydrogen (secondary N) is 4. The van der Waals surface area contributed by atoms with E-state index < -0.39 is 42.0 Å². The summed E-state index contributed by atoms with van der Waals surface area (Å²) >= 11 is 0. The van der Waals surface area contributed by atoms with Crippen LogP contribution in [-0.4, -0.2) is 63.2 Å². The first kappa shape index (κ1) is 23.1. The quantitative estimate of drug-likeness (QED) is 0.231. The van der Waals surface area contributed by atoms with Gasteiger partial charge in [-0.05, 0) is 30.7 Å². The summed E-state index contributed by atoms with van der Waals surface area (Å²) in [5.74, 6) is -3.11. The molecule has 0 radical (unpaired) electrons. The predicted octanol–water partition coefficient (Wildman–Crippen LogP) is -0.774. The van der Waals surface area contributed by atoms with Crippen LogP contribution in [0.4, 0.5) is 23.1 Å². The van der Waals surface area contributed by atoms with E-state index in [4.69, 9.17) is 15.9 Å². The van der Waals surface area contributed by atoms with Crippen LogP contribution in [0.25, 0.3) is 0 Å². The Hall–Kier alpha value is -4.62. The lowest BCUT2D eigenvalue weighted by molar-refractivity contribution is -0.140. The fourth-order valence-electron chi connectivity index (χ4n) is 3.22. The second-order valence-corrected chi connectivity index (χ2v) is 7.08. The Balaban J connectivity index is 1.69. The van der Waals surface area contributed by atoms with E-state index in [1.54, 1.807) is 0 Å². The molecule has 0 saturated carbocycles. The number of nitrogens with zero attached hydrogens (tertiary/aromatic N) is 2. The minimum absolute atomic E-state index is 0.0000197. The van der Waals surface area contributed by atoms with E-state index in [1.807, 2.05) is 0 Å². The van der Waals surface area contributed by atoms with E-state index >= 15 is 0 Å². The number of amides is 2. The molecule has 2 atom stereocenters. The standard InChI is InChI=1S/C19H21N7O7/c20-19-24-15-14(17(31)25-19)26(8-27)12(7-21-15)22-10-3-1-9(2-4-10)16(30)23-11(18(32)33)5-6-13(28)29/h1-4,8,11-12,22H,5-7H2,(H,23,30)(H,28,29)(H,32,33)(H4,20,21,24,25,31)/t11-,12?/m0/s1. The lowest BCUT2D eigenvalue weighted by Crippen LogP contribution is -2.50. The minimum Gasteiger partial charge on any atom is -0.481 e. The number of aromatic amines is 1. The summed E-state index contributed by atoms with van der Waals surface area (Å²) in [7, 11) is 0. The zero-order valence-electron chi connectivity index (χ0n) is 17.1. The monoisotopic (exact) mass is 459 g/mol. The molecule has 2 heterocycles. The third kappa shape index (κ3) is 5.36. The number of carbonyl (C=O) groups excluding carboxylic acids is 2. The summed E-state index contributed by atoms with van der Waals surface area (Å²) in [4.78, 5) is 65.6. The first-order valence-electron chi connectivity index (χ1n) is 9.69. The Bertz CT molecular complexity index is 1130. The van der Waals surface area contributed by atoms with E-state index in [1.165, 1.54) is 24.3 Å². The molecule has 0 saturated heterocycles. The molecule has 8 N–H and O–H groups in total. The Kier molecular flexibility index (Phi) is 6.76. The van der Waals surface area contributed by atoms with Gasteiger partial charge in [-0.1, -0.05) is 0 Å². The average Bonchev–Trinajstić information content (AvgIpc) is 2.76. The number of hydrogen-bond donors (Lipinski definition) is 7. The Morgan fingerprint density at radius 1 is 1.27 bits per heavy atom. The third-order valence-electron chi connectivity index (χ3n) is 4.81. The number of rotatable bonds is 9. The smallest absolute Gasteiger partial charge is 0.326 e. The number of aliphatic carboxylic acids is 2. The van der Waals surface area contributed by atoms with Crippen LogP contribution in [0.5, 0.6) is 0 Å². The van der Waals surface area contributed by atoms with Crippen LogP contribution in [0.2, 0.25) is 0 Å². The van der Waals surface area contributed by atoms with E-state index in [2.05, 4.69) is 25.9 Å². The normalized spacial score (nSPS) is 15.5. The number of anilines is 4. The van der Waals surface area contributed by atoms with Gasteiger partial charge in [0.2, 0.25) is 12.4 Å². The van der Waals surface area contributed by atoms with Gasteiger partial charge in [-0.2, -0.15) is 4.98 Å². The average molecular weight is 459 g/mol. The number of hydrogen-bond acceptors (Lipinski definition) is 9. The second kappa shape index (κ2) is 9.67. The maximum Gasteiger partial charge on any atom is 0.326 e. The van der Waals surface area contributed by atoms with Gasteiger partial charge in [-0.3, -0.25) is 29.1 Å². The molecule has 14 nitrogen and oxygen atoms in total. The highest BCUT2D eigenvalue weighted by Gasteiger charge is 2.30. The highest BCUT2D eigenvalue weighted by molar-refractivity contribution is 5.97. The molecule has 2 amide bonds. The minimum atomic E-state index is -1.35. The Morgan fingerprint density at radius 2 is 1.97 bits per heavy atom. The molecule has 1 aromatic heterocycles. The van der Waals surface area contributed by atoms with E-state index in [0.717, 1.165) is 4.90 Å². The van der Waals surface area contributed by atoms with Gasteiger partial charge >= 0.3 is 11.9 Å². The SMILES string of the molecule is Nc1nc2c(c(=O)[nH]1)N(C=O)C(Nc1ccc(C(=O)N[C@@H](CCC(=O)O)C(=O)O)cc1)CN2. The maximum absolute atomic E-state index is 12.3. The van der Waals surface area contributed by atoms with Crippen molar-refractivity contribution in [2.75, 3.05) is 27.8 Å². The topological polar surface area (TPSA) is 220 Å². The first-order valence-corrected chi connectivity index (χ1v) is 9.69. The number of carbonyl (C=O) groups is 4. The fraction of sp³-hybridized carbons (Fsp3) is 0.263. The zero-order valence-corrected chi connectivity index (χ0v) is 17.1. The van der Waals surface area contributed by atoms with Crippen LogP contribution < -0.4 is 32.1 Å². The van der Waals surface area contributed by atoms with Crippen molar-refractivity contribution in [3.8, 4) is 0 Å². The first-order chi connectivity index (χ1) is 15.7. The summed E-state index contributed by atoms with van der Waals surface area (Å²) in [6.07, 6.45) is -0.840. The van der Waals surface area contributed by atoms with E-state index in [9.17, 15) is 24.0 Å². The number of fused-ring (bicyclic) bond motifs is 1. The molecule has 2 aromatic rings. The molecule has 0 spiro atoms. The van der Waals surface area contributed by atoms with Gasteiger partial charge in [0.15, 0.2) is 11.5 Å². The van der Waals surface area contributed by atoms with Crippen molar-refractivity contribution in [3.63, 3.8) is 0 Å². The molecule has 0 bridgehead atoms. The molecule has 0 aliphatic carbocycles. The molecule has 0 fully saturated rings. The van der Waals surface area contributed by atoms with Crippen LogP contribution in [0, 0.1) is 0 Å². The number of nitrogen functional groups attached to an aromatic ring is 1. The Morgan fingerprint density at radius 3 is 2.58 bits per heavy atom. The number of benzene rings is 1. The van der Waals surface area contributed by atoms with Gasteiger partial charge in [0.25, 0.3) is 11.5 Å². The van der Waals surface area contributed by atoms with Crippen LogP contribution in [0.3, 0.4) is 0 Å². The van der Waals surface area contributed by atoms with Gasteiger partial charge < -0.3 is 31.9 Å². The molecule has 3 rings (SSSR count). The second-order valence-electron chi connectivity index (χ2n) is 7.08. The summed E-state index contributed by atoms with van der Waals surface area (Å²) < 4.78 is 0. The molecular formula is C19H21N7O7.